The minimum atomic E-state index is -0.798. The Kier molecular flexibility index (Phi) is 5.69. The molecule has 0 spiro atoms. The van der Waals surface area contributed by atoms with Gasteiger partial charge in [-0.05, 0) is 42.8 Å². The number of aliphatic hydroxyl groups is 1. The first-order valence-electron chi connectivity index (χ1n) is 10.1. The van der Waals surface area contributed by atoms with Crippen molar-refractivity contribution in [2.75, 3.05) is 19.1 Å². The average Bonchev–Trinajstić information content (AvgIpc) is 3.09. The zero-order valence-electron chi connectivity index (χ0n) is 18.0. The largest absolute Gasteiger partial charge is 0.507 e. The number of ketones is 1. The molecule has 162 valence electrons. The van der Waals surface area contributed by atoms with E-state index in [0.29, 0.717) is 17.2 Å². The summed E-state index contributed by atoms with van der Waals surface area (Å²) >= 11 is 0. The number of Topliss-reactive ketones (excluding diaryl/α,β-unsaturated/α-hetero) is 1. The zero-order valence-corrected chi connectivity index (χ0v) is 18.0. The van der Waals surface area contributed by atoms with Gasteiger partial charge in [0.1, 0.15) is 17.3 Å². The SMILES string of the molecule is COc1ccc(OC)c(/C(O)=C2\C(=O)C(=O)N(c3ccccc3)C2c2cccc(C)c2)c1. The van der Waals surface area contributed by atoms with Crippen molar-refractivity contribution in [2.24, 2.45) is 0 Å². The Bertz CT molecular complexity index is 1220. The minimum absolute atomic E-state index is 0.00370. The lowest BCUT2D eigenvalue weighted by Crippen LogP contribution is -2.29. The maximum Gasteiger partial charge on any atom is 0.300 e. The van der Waals surface area contributed by atoms with E-state index in [1.165, 1.54) is 19.1 Å². The second-order valence-corrected chi connectivity index (χ2v) is 7.48. The lowest BCUT2D eigenvalue weighted by atomic mass is 9.94. The Balaban J connectivity index is 1.99. The number of carbonyl (C=O) groups is 2. The number of para-hydroxylation sites is 1. The first-order chi connectivity index (χ1) is 15.5. The highest BCUT2D eigenvalue weighted by Gasteiger charge is 2.47. The molecule has 0 aromatic heterocycles. The van der Waals surface area contributed by atoms with Crippen LogP contribution in [0.1, 0.15) is 22.7 Å². The molecule has 4 rings (SSSR count). The smallest absolute Gasteiger partial charge is 0.300 e. The number of aryl methyl sites for hydroxylation is 1. The Morgan fingerprint density at radius 3 is 2.31 bits per heavy atom. The second kappa shape index (κ2) is 8.59. The molecule has 1 unspecified atom stereocenters. The van der Waals surface area contributed by atoms with E-state index in [9.17, 15) is 14.7 Å². The van der Waals surface area contributed by atoms with E-state index < -0.39 is 17.7 Å². The fourth-order valence-corrected chi connectivity index (χ4v) is 3.99. The van der Waals surface area contributed by atoms with Gasteiger partial charge >= 0.3 is 0 Å². The van der Waals surface area contributed by atoms with Crippen LogP contribution in [0, 0.1) is 6.92 Å². The number of aliphatic hydroxyl groups excluding tert-OH is 1. The number of benzene rings is 3. The van der Waals surface area contributed by atoms with Gasteiger partial charge in [-0.2, -0.15) is 0 Å². The molecule has 0 radical (unpaired) electrons. The Hall–Kier alpha value is -4.06. The predicted octanol–water partition coefficient (Wildman–Crippen LogP) is 4.64. The number of amides is 1. The summed E-state index contributed by atoms with van der Waals surface area (Å²) in [4.78, 5) is 27.8. The monoisotopic (exact) mass is 429 g/mol. The van der Waals surface area contributed by atoms with Gasteiger partial charge in [-0.1, -0.05) is 48.0 Å². The van der Waals surface area contributed by atoms with Crippen LogP contribution < -0.4 is 14.4 Å². The molecular formula is C26H23NO5. The number of carbonyl (C=O) groups excluding carboxylic acids is 2. The van der Waals surface area contributed by atoms with Gasteiger partial charge in [0.05, 0.1) is 31.4 Å². The van der Waals surface area contributed by atoms with Crippen LogP contribution in [0.3, 0.4) is 0 Å². The van der Waals surface area contributed by atoms with Gasteiger partial charge in [-0.3, -0.25) is 14.5 Å². The van der Waals surface area contributed by atoms with Crippen molar-refractivity contribution < 1.29 is 24.2 Å². The third kappa shape index (κ3) is 3.60. The summed E-state index contributed by atoms with van der Waals surface area (Å²) in [6.07, 6.45) is 0. The summed E-state index contributed by atoms with van der Waals surface area (Å²) in [6.45, 7) is 1.93. The first-order valence-corrected chi connectivity index (χ1v) is 10.1. The number of methoxy groups -OCH3 is 2. The van der Waals surface area contributed by atoms with Crippen molar-refractivity contribution >= 4 is 23.1 Å². The van der Waals surface area contributed by atoms with Gasteiger partial charge in [0.2, 0.25) is 0 Å². The van der Waals surface area contributed by atoms with Crippen LogP contribution in [0.15, 0.2) is 78.4 Å². The van der Waals surface area contributed by atoms with Crippen LogP contribution in [-0.2, 0) is 9.59 Å². The molecule has 0 aliphatic carbocycles. The molecule has 0 saturated carbocycles. The Morgan fingerprint density at radius 1 is 0.906 bits per heavy atom. The zero-order chi connectivity index (χ0) is 22.8. The molecule has 6 heteroatoms. The third-order valence-corrected chi connectivity index (χ3v) is 5.50. The van der Waals surface area contributed by atoms with Gasteiger partial charge in [0.15, 0.2) is 0 Å². The highest BCUT2D eigenvalue weighted by atomic mass is 16.5. The number of hydrogen-bond acceptors (Lipinski definition) is 5. The van der Waals surface area contributed by atoms with Crippen molar-refractivity contribution in [3.05, 3.63) is 95.1 Å². The van der Waals surface area contributed by atoms with Crippen molar-refractivity contribution in [3.8, 4) is 11.5 Å². The van der Waals surface area contributed by atoms with Gasteiger partial charge in [0.25, 0.3) is 11.7 Å². The summed E-state index contributed by atoms with van der Waals surface area (Å²) in [5, 5.41) is 11.4. The number of hydrogen-bond donors (Lipinski definition) is 1. The van der Waals surface area contributed by atoms with Crippen LogP contribution >= 0.6 is 0 Å². The number of anilines is 1. The van der Waals surface area contributed by atoms with E-state index in [0.717, 1.165) is 11.1 Å². The average molecular weight is 429 g/mol. The third-order valence-electron chi connectivity index (χ3n) is 5.50. The van der Waals surface area contributed by atoms with E-state index >= 15 is 0 Å². The first kappa shape index (κ1) is 21.2. The highest BCUT2D eigenvalue weighted by molar-refractivity contribution is 6.51. The molecule has 6 nitrogen and oxygen atoms in total. The molecule has 0 bridgehead atoms. The van der Waals surface area contributed by atoms with Crippen LogP contribution in [0.5, 0.6) is 11.5 Å². The fourth-order valence-electron chi connectivity index (χ4n) is 3.99. The van der Waals surface area contributed by atoms with Gasteiger partial charge < -0.3 is 14.6 Å². The van der Waals surface area contributed by atoms with Crippen molar-refractivity contribution in [2.45, 2.75) is 13.0 Å². The Labute approximate surface area is 186 Å². The number of rotatable bonds is 5. The summed E-state index contributed by atoms with van der Waals surface area (Å²) in [5.41, 5.74) is 2.53. The second-order valence-electron chi connectivity index (χ2n) is 7.48. The van der Waals surface area contributed by atoms with E-state index in [4.69, 9.17) is 9.47 Å². The maximum absolute atomic E-state index is 13.2. The summed E-state index contributed by atoms with van der Waals surface area (Å²) in [6, 6.07) is 20.6. The normalized spacial score (nSPS) is 17.5. The quantitative estimate of drug-likeness (QED) is 0.363. The molecule has 1 N–H and O–H groups in total. The fraction of sp³-hybridized carbons (Fsp3) is 0.154. The van der Waals surface area contributed by atoms with Crippen molar-refractivity contribution in [3.63, 3.8) is 0 Å². The predicted molar refractivity (Wildman–Crippen MR) is 122 cm³/mol. The molecule has 3 aromatic carbocycles. The van der Waals surface area contributed by atoms with Gasteiger partial charge in [0, 0.05) is 5.69 Å². The standard InChI is InChI=1S/C26H23NO5/c1-16-8-7-9-17(14-16)23-22(24(28)20-15-19(31-2)12-13-21(20)32-3)25(29)26(30)27(23)18-10-5-4-6-11-18/h4-15,23,28H,1-3H3/b24-22+. The van der Waals surface area contributed by atoms with Crippen molar-refractivity contribution in [1.82, 2.24) is 0 Å². The van der Waals surface area contributed by atoms with E-state index in [-0.39, 0.29) is 16.9 Å². The Morgan fingerprint density at radius 2 is 1.66 bits per heavy atom. The van der Waals surface area contributed by atoms with Gasteiger partial charge in [-0.25, -0.2) is 0 Å². The molecule has 1 saturated heterocycles. The maximum atomic E-state index is 13.2. The minimum Gasteiger partial charge on any atom is -0.507 e. The summed E-state index contributed by atoms with van der Waals surface area (Å²) < 4.78 is 10.7. The number of ether oxygens (including phenoxy) is 2. The molecule has 1 heterocycles. The van der Waals surface area contributed by atoms with E-state index in [1.807, 2.05) is 37.3 Å². The topological polar surface area (TPSA) is 76.1 Å². The molecule has 1 amide bonds. The molecule has 1 fully saturated rings. The molecule has 1 atom stereocenters. The lowest BCUT2D eigenvalue weighted by Gasteiger charge is -2.25. The highest BCUT2D eigenvalue weighted by Crippen LogP contribution is 2.43. The molecule has 3 aromatic rings. The van der Waals surface area contributed by atoms with Crippen molar-refractivity contribution in [1.29, 1.82) is 0 Å². The molecule has 32 heavy (non-hydrogen) atoms. The van der Waals surface area contributed by atoms with Crippen LogP contribution in [0.2, 0.25) is 0 Å². The number of nitrogens with zero attached hydrogens (tertiary/aromatic N) is 1. The lowest BCUT2D eigenvalue weighted by molar-refractivity contribution is -0.132. The van der Waals surface area contributed by atoms with Crippen LogP contribution in [0.4, 0.5) is 5.69 Å². The van der Waals surface area contributed by atoms with E-state index in [1.54, 1.807) is 42.5 Å². The van der Waals surface area contributed by atoms with Gasteiger partial charge in [-0.15, -0.1) is 0 Å². The van der Waals surface area contributed by atoms with E-state index in [2.05, 4.69) is 0 Å². The molecule has 1 aliphatic rings. The van der Waals surface area contributed by atoms with Crippen LogP contribution in [-0.4, -0.2) is 31.0 Å². The molecule has 1 aliphatic heterocycles. The van der Waals surface area contributed by atoms with Crippen LogP contribution in [0.25, 0.3) is 5.76 Å². The molecular weight excluding hydrogens is 406 g/mol. The summed E-state index contributed by atoms with van der Waals surface area (Å²) in [7, 11) is 2.98. The summed E-state index contributed by atoms with van der Waals surface area (Å²) in [5.74, 6) is -0.938.